The number of carboxylic acids is 1. The molecule has 0 fully saturated rings. The lowest BCUT2D eigenvalue weighted by Crippen LogP contribution is -2.03. The predicted molar refractivity (Wildman–Crippen MR) is 62.6 cm³/mol. The van der Waals surface area contributed by atoms with Crippen LogP contribution in [0.4, 0.5) is 8.78 Å². The van der Waals surface area contributed by atoms with Crippen molar-refractivity contribution >= 4 is 17.6 Å². The molecule has 0 bridgehead atoms. The number of carbonyl (C=O) groups is 1. The highest BCUT2D eigenvalue weighted by atomic mass is 35.5. The lowest BCUT2D eigenvalue weighted by Gasteiger charge is -2.07. The monoisotopic (exact) mass is 285 g/mol. The van der Waals surface area contributed by atoms with E-state index in [1.54, 1.807) is 0 Å². The molecule has 0 spiro atoms. The largest absolute Gasteiger partial charge is 0.478 e. The summed E-state index contributed by atoms with van der Waals surface area (Å²) in [5, 5.41) is 8.62. The molecule has 2 rings (SSSR count). The average Bonchev–Trinajstić information content (AvgIpc) is 2.36. The van der Waals surface area contributed by atoms with Gasteiger partial charge in [0.1, 0.15) is 17.1 Å². The topological polar surface area (TPSA) is 59.4 Å². The van der Waals surface area contributed by atoms with Gasteiger partial charge >= 0.3 is 5.97 Å². The van der Waals surface area contributed by atoms with Gasteiger partial charge in [-0.15, -0.1) is 0 Å². The number of hydrogen-bond acceptors (Lipinski definition) is 3. The molecule has 1 N–H and O–H groups in total. The second-order valence-corrected chi connectivity index (χ2v) is 3.87. The molecule has 1 aromatic carbocycles. The minimum atomic E-state index is -1.45. The number of aromatic carboxylic acids is 1. The second kappa shape index (κ2) is 5.19. The van der Waals surface area contributed by atoms with Gasteiger partial charge in [0.15, 0.2) is 5.82 Å². The first-order valence-corrected chi connectivity index (χ1v) is 5.37. The Morgan fingerprint density at radius 2 is 2.05 bits per heavy atom. The third-order valence-electron chi connectivity index (χ3n) is 2.19. The van der Waals surface area contributed by atoms with E-state index in [2.05, 4.69) is 4.98 Å². The van der Waals surface area contributed by atoms with Gasteiger partial charge in [-0.05, 0) is 18.2 Å². The lowest BCUT2D eigenvalue weighted by atomic mass is 10.2. The third-order valence-corrected chi connectivity index (χ3v) is 2.50. The van der Waals surface area contributed by atoms with Crippen LogP contribution in [0.3, 0.4) is 0 Å². The quantitative estimate of drug-likeness (QED) is 0.937. The summed E-state index contributed by atoms with van der Waals surface area (Å²) in [4.78, 5) is 14.3. The van der Waals surface area contributed by atoms with Gasteiger partial charge in [0.05, 0.1) is 5.02 Å². The zero-order valence-corrected chi connectivity index (χ0v) is 9.99. The average molecular weight is 286 g/mol. The van der Waals surface area contributed by atoms with Crippen LogP contribution >= 0.6 is 11.6 Å². The van der Waals surface area contributed by atoms with Crippen LogP contribution in [0.15, 0.2) is 30.5 Å². The standard InChI is InChI=1S/C12H6ClF2NO3/c13-8-2-1-6(5-9(8)14)19-11-10(15)7(12(17)18)3-4-16-11/h1-5H,(H,17,18). The van der Waals surface area contributed by atoms with E-state index in [0.717, 1.165) is 18.3 Å². The summed E-state index contributed by atoms with van der Waals surface area (Å²) in [5.74, 6) is -3.93. The minimum Gasteiger partial charge on any atom is -0.478 e. The van der Waals surface area contributed by atoms with E-state index in [9.17, 15) is 13.6 Å². The molecule has 1 aromatic heterocycles. The normalized spacial score (nSPS) is 10.3. The molecule has 4 nitrogen and oxygen atoms in total. The van der Waals surface area contributed by atoms with Crippen LogP contribution in [0.1, 0.15) is 10.4 Å². The van der Waals surface area contributed by atoms with E-state index in [4.69, 9.17) is 21.4 Å². The molecule has 19 heavy (non-hydrogen) atoms. The molecule has 1 heterocycles. The molecule has 0 saturated heterocycles. The Hall–Kier alpha value is -2.21. The summed E-state index contributed by atoms with van der Waals surface area (Å²) in [6.07, 6.45) is 1.08. The summed E-state index contributed by atoms with van der Waals surface area (Å²) in [7, 11) is 0. The summed E-state index contributed by atoms with van der Waals surface area (Å²) in [6, 6.07) is 4.47. The first kappa shape index (κ1) is 13.2. The van der Waals surface area contributed by atoms with Gasteiger partial charge in [0, 0.05) is 12.3 Å². The Kier molecular flexibility index (Phi) is 3.62. The Balaban J connectivity index is 2.35. The van der Waals surface area contributed by atoms with Gasteiger partial charge in [0.2, 0.25) is 0 Å². The summed E-state index contributed by atoms with van der Waals surface area (Å²) in [5.41, 5.74) is -0.584. The van der Waals surface area contributed by atoms with Gasteiger partial charge in [-0.25, -0.2) is 18.6 Å². The fraction of sp³-hybridized carbons (Fsp3) is 0. The van der Waals surface area contributed by atoms with Gasteiger partial charge in [-0.1, -0.05) is 11.6 Å². The molecule has 0 aliphatic heterocycles. The molecule has 0 saturated carbocycles. The van der Waals surface area contributed by atoms with E-state index in [-0.39, 0.29) is 10.8 Å². The molecule has 0 radical (unpaired) electrons. The Bertz CT molecular complexity index is 649. The maximum absolute atomic E-state index is 13.7. The van der Waals surface area contributed by atoms with Crippen molar-refractivity contribution in [1.82, 2.24) is 4.98 Å². The smallest absolute Gasteiger partial charge is 0.338 e. The van der Waals surface area contributed by atoms with Crippen LogP contribution in [0.2, 0.25) is 5.02 Å². The number of halogens is 3. The highest BCUT2D eigenvalue weighted by molar-refractivity contribution is 6.30. The van der Waals surface area contributed by atoms with Gasteiger partial charge in [-0.2, -0.15) is 0 Å². The zero-order valence-electron chi connectivity index (χ0n) is 9.23. The molecule has 0 aliphatic carbocycles. The van der Waals surface area contributed by atoms with Crippen molar-refractivity contribution in [2.45, 2.75) is 0 Å². The van der Waals surface area contributed by atoms with Crippen LogP contribution in [-0.2, 0) is 0 Å². The third kappa shape index (κ3) is 2.79. The number of ether oxygens (including phenoxy) is 1. The van der Waals surface area contributed by atoms with Crippen LogP contribution in [0, 0.1) is 11.6 Å². The molecule has 0 atom stereocenters. The summed E-state index contributed by atoms with van der Waals surface area (Å²) >= 11 is 5.48. The molecular formula is C12H6ClF2NO3. The summed E-state index contributed by atoms with van der Waals surface area (Å²) < 4.78 is 31.9. The fourth-order valence-electron chi connectivity index (χ4n) is 1.31. The highest BCUT2D eigenvalue weighted by Crippen LogP contribution is 2.26. The van der Waals surface area contributed by atoms with Crippen LogP contribution in [-0.4, -0.2) is 16.1 Å². The Morgan fingerprint density at radius 1 is 1.32 bits per heavy atom. The number of nitrogens with zero attached hydrogens (tertiary/aromatic N) is 1. The highest BCUT2D eigenvalue weighted by Gasteiger charge is 2.17. The van der Waals surface area contributed by atoms with Crippen LogP contribution in [0.5, 0.6) is 11.6 Å². The van der Waals surface area contributed by atoms with Crippen molar-refractivity contribution in [2.75, 3.05) is 0 Å². The first-order chi connectivity index (χ1) is 8.99. The number of hydrogen-bond donors (Lipinski definition) is 1. The number of carboxylic acid groups (broad SMARTS) is 1. The van der Waals surface area contributed by atoms with Crippen LogP contribution in [0.25, 0.3) is 0 Å². The maximum atomic E-state index is 13.7. The molecule has 0 unspecified atom stereocenters. The van der Waals surface area contributed by atoms with Crippen molar-refractivity contribution in [2.24, 2.45) is 0 Å². The van der Waals surface area contributed by atoms with E-state index < -0.39 is 29.0 Å². The van der Waals surface area contributed by atoms with Gasteiger partial charge in [-0.3, -0.25) is 0 Å². The van der Waals surface area contributed by atoms with Crippen molar-refractivity contribution in [3.8, 4) is 11.6 Å². The van der Waals surface area contributed by atoms with E-state index in [1.807, 2.05) is 0 Å². The minimum absolute atomic E-state index is 0.0455. The van der Waals surface area contributed by atoms with Crippen molar-refractivity contribution in [1.29, 1.82) is 0 Å². The fourth-order valence-corrected chi connectivity index (χ4v) is 1.43. The summed E-state index contributed by atoms with van der Waals surface area (Å²) in [6.45, 7) is 0. The SMILES string of the molecule is O=C(O)c1ccnc(Oc2ccc(Cl)c(F)c2)c1F. The zero-order chi connectivity index (χ0) is 14.0. The molecule has 7 heteroatoms. The van der Waals surface area contributed by atoms with Crippen molar-refractivity contribution in [3.63, 3.8) is 0 Å². The molecule has 2 aromatic rings. The molecule has 0 amide bonds. The van der Waals surface area contributed by atoms with Crippen LogP contribution < -0.4 is 4.74 Å². The molecular weight excluding hydrogens is 280 g/mol. The maximum Gasteiger partial charge on any atom is 0.338 e. The van der Waals surface area contributed by atoms with Crippen molar-refractivity contribution < 1.29 is 23.4 Å². The first-order valence-electron chi connectivity index (χ1n) is 4.99. The predicted octanol–water partition coefficient (Wildman–Crippen LogP) is 3.50. The number of pyridine rings is 1. The number of rotatable bonds is 3. The Morgan fingerprint density at radius 3 is 2.68 bits per heavy atom. The molecule has 98 valence electrons. The van der Waals surface area contributed by atoms with E-state index in [1.165, 1.54) is 12.1 Å². The number of aromatic nitrogens is 1. The van der Waals surface area contributed by atoms with Gasteiger partial charge < -0.3 is 9.84 Å². The lowest BCUT2D eigenvalue weighted by molar-refractivity contribution is 0.0690. The Labute approximate surface area is 111 Å². The van der Waals surface area contributed by atoms with E-state index >= 15 is 0 Å². The second-order valence-electron chi connectivity index (χ2n) is 3.46. The molecule has 0 aliphatic rings. The number of benzene rings is 1. The van der Waals surface area contributed by atoms with Gasteiger partial charge in [0.25, 0.3) is 5.88 Å². The van der Waals surface area contributed by atoms with E-state index in [0.29, 0.717) is 0 Å². The van der Waals surface area contributed by atoms with Crippen molar-refractivity contribution in [3.05, 3.63) is 52.7 Å².